The molecule has 1 aliphatic heterocycles. The Morgan fingerprint density at radius 2 is 2.00 bits per heavy atom. The van der Waals surface area contributed by atoms with Crippen LogP contribution in [0.25, 0.3) is 0 Å². The van der Waals surface area contributed by atoms with E-state index in [0.717, 1.165) is 32.8 Å². The second-order valence-electron chi connectivity index (χ2n) is 4.56. The van der Waals surface area contributed by atoms with Crippen LogP contribution < -0.4 is 5.32 Å². The summed E-state index contributed by atoms with van der Waals surface area (Å²) in [4.78, 5) is 2.49. The van der Waals surface area contributed by atoms with Gasteiger partial charge in [0, 0.05) is 38.4 Å². The Kier molecular flexibility index (Phi) is 6.22. The monoisotopic (exact) mass is 214 g/mol. The van der Waals surface area contributed by atoms with E-state index in [1.54, 1.807) is 0 Å². The van der Waals surface area contributed by atoms with Gasteiger partial charge in [-0.1, -0.05) is 6.92 Å². The molecule has 90 valence electrons. The van der Waals surface area contributed by atoms with Gasteiger partial charge in [-0.2, -0.15) is 0 Å². The van der Waals surface area contributed by atoms with Gasteiger partial charge in [0.2, 0.25) is 0 Å². The molecule has 0 aromatic carbocycles. The van der Waals surface area contributed by atoms with E-state index in [1.807, 2.05) is 0 Å². The van der Waals surface area contributed by atoms with Gasteiger partial charge in [-0.15, -0.1) is 0 Å². The Hall–Kier alpha value is -0.120. The van der Waals surface area contributed by atoms with E-state index < -0.39 is 0 Å². The Labute approximate surface area is 94.2 Å². The lowest BCUT2D eigenvalue weighted by Gasteiger charge is -2.27. The van der Waals surface area contributed by atoms with E-state index in [9.17, 15) is 0 Å². The maximum atomic E-state index is 5.34. The Bertz CT molecular complexity index is 156. The van der Waals surface area contributed by atoms with Crippen molar-refractivity contribution in [1.29, 1.82) is 0 Å². The van der Waals surface area contributed by atoms with Gasteiger partial charge in [-0.25, -0.2) is 0 Å². The quantitative estimate of drug-likeness (QED) is 0.725. The first-order valence-electron chi connectivity index (χ1n) is 6.29. The molecule has 1 aliphatic rings. The van der Waals surface area contributed by atoms with Crippen molar-refractivity contribution in [2.24, 2.45) is 0 Å². The number of rotatable bonds is 6. The fourth-order valence-corrected chi connectivity index (χ4v) is 2.10. The van der Waals surface area contributed by atoms with E-state index in [1.165, 1.54) is 12.8 Å². The van der Waals surface area contributed by atoms with E-state index in [4.69, 9.17) is 4.74 Å². The van der Waals surface area contributed by atoms with Gasteiger partial charge in [-0.3, -0.25) is 4.90 Å². The molecule has 1 heterocycles. The third-order valence-corrected chi connectivity index (χ3v) is 3.19. The highest BCUT2D eigenvalue weighted by molar-refractivity contribution is 4.71. The highest BCUT2D eigenvalue weighted by atomic mass is 16.5. The topological polar surface area (TPSA) is 24.5 Å². The maximum Gasteiger partial charge on any atom is 0.0480 e. The van der Waals surface area contributed by atoms with Gasteiger partial charge in [0.1, 0.15) is 0 Å². The van der Waals surface area contributed by atoms with E-state index in [-0.39, 0.29) is 0 Å². The number of hydrogen-bond donors (Lipinski definition) is 1. The molecular weight excluding hydrogens is 188 g/mol. The van der Waals surface area contributed by atoms with Crippen molar-refractivity contribution in [3.8, 4) is 0 Å². The first-order chi connectivity index (χ1) is 7.24. The van der Waals surface area contributed by atoms with Crippen LogP contribution in [0.3, 0.4) is 0 Å². The van der Waals surface area contributed by atoms with Gasteiger partial charge < -0.3 is 10.1 Å². The molecule has 0 aromatic heterocycles. The van der Waals surface area contributed by atoms with Gasteiger partial charge in [-0.05, 0) is 33.2 Å². The average Bonchev–Trinajstić information content (AvgIpc) is 2.25. The van der Waals surface area contributed by atoms with Crippen LogP contribution in [0.2, 0.25) is 0 Å². The summed E-state index contributed by atoms with van der Waals surface area (Å²) in [7, 11) is 0. The van der Waals surface area contributed by atoms with E-state index in [2.05, 4.69) is 31.0 Å². The Morgan fingerprint density at radius 3 is 2.53 bits per heavy atom. The number of hydrogen-bond acceptors (Lipinski definition) is 3. The predicted molar refractivity (Wildman–Crippen MR) is 64.2 cm³/mol. The minimum Gasteiger partial charge on any atom is -0.381 e. The molecule has 0 amide bonds. The minimum atomic E-state index is 0.659. The molecule has 0 atom stereocenters. The van der Waals surface area contributed by atoms with Crippen molar-refractivity contribution in [2.75, 3.05) is 32.8 Å². The number of nitrogens with zero attached hydrogens (tertiary/aromatic N) is 1. The molecule has 0 aromatic rings. The summed E-state index contributed by atoms with van der Waals surface area (Å²) in [6, 6.07) is 1.34. The average molecular weight is 214 g/mol. The molecule has 1 rings (SSSR count). The molecule has 0 saturated carbocycles. The van der Waals surface area contributed by atoms with Crippen LogP contribution in [0.1, 0.15) is 33.6 Å². The third-order valence-electron chi connectivity index (χ3n) is 3.19. The molecule has 15 heavy (non-hydrogen) atoms. The van der Waals surface area contributed by atoms with Gasteiger partial charge in [0.05, 0.1) is 0 Å². The zero-order valence-electron chi connectivity index (χ0n) is 10.5. The number of nitrogens with one attached hydrogen (secondary N) is 1. The Balaban J connectivity index is 2.08. The molecule has 0 unspecified atom stereocenters. The highest BCUT2D eigenvalue weighted by Crippen LogP contribution is 2.05. The second kappa shape index (κ2) is 7.20. The van der Waals surface area contributed by atoms with Crippen LogP contribution in [0.4, 0.5) is 0 Å². The summed E-state index contributed by atoms with van der Waals surface area (Å²) in [5.41, 5.74) is 0. The van der Waals surface area contributed by atoms with Crippen molar-refractivity contribution in [3.05, 3.63) is 0 Å². The summed E-state index contributed by atoms with van der Waals surface area (Å²) < 4.78 is 5.34. The molecule has 0 aliphatic carbocycles. The van der Waals surface area contributed by atoms with Crippen LogP contribution in [-0.4, -0.2) is 49.8 Å². The first kappa shape index (κ1) is 12.9. The summed E-state index contributed by atoms with van der Waals surface area (Å²) in [6.45, 7) is 12.0. The van der Waals surface area contributed by atoms with Crippen LogP contribution in [-0.2, 0) is 4.74 Å². The summed E-state index contributed by atoms with van der Waals surface area (Å²) in [5, 5.41) is 3.62. The lowest BCUT2D eigenvalue weighted by Crippen LogP contribution is -2.41. The third kappa shape index (κ3) is 4.96. The molecule has 1 fully saturated rings. The van der Waals surface area contributed by atoms with Crippen LogP contribution >= 0.6 is 0 Å². The van der Waals surface area contributed by atoms with Gasteiger partial charge in [0.25, 0.3) is 0 Å². The SMILES string of the molecule is CCN(CCNC1CCOCC1)C(C)C. The lowest BCUT2D eigenvalue weighted by molar-refractivity contribution is 0.0769. The lowest BCUT2D eigenvalue weighted by atomic mass is 10.1. The molecule has 1 saturated heterocycles. The molecule has 0 bridgehead atoms. The highest BCUT2D eigenvalue weighted by Gasteiger charge is 2.13. The predicted octanol–water partition coefficient (Wildman–Crippen LogP) is 1.49. The second-order valence-corrected chi connectivity index (χ2v) is 4.56. The molecule has 3 heteroatoms. The zero-order valence-corrected chi connectivity index (χ0v) is 10.5. The molecule has 3 nitrogen and oxygen atoms in total. The fourth-order valence-electron chi connectivity index (χ4n) is 2.10. The van der Waals surface area contributed by atoms with Crippen LogP contribution in [0, 0.1) is 0 Å². The largest absolute Gasteiger partial charge is 0.381 e. The van der Waals surface area contributed by atoms with Crippen molar-refractivity contribution < 1.29 is 4.74 Å². The maximum absolute atomic E-state index is 5.34. The Morgan fingerprint density at radius 1 is 1.33 bits per heavy atom. The normalized spacial score (nSPS) is 19.0. The van der Waals surface area contributed by atoms with Crippen molar-refractivity contribution in [2.45, 2.75) is 45.7 Å². The van der Waals surface area contributed by atoms with Crippen LogP contribution in [0.15, 0.2) is 0 Å². The fraction of sp³-hybridized carbons (Fsp3) is 1.00. The van der Waals surface area contributed by atoms with Crippen molar-refractivity contribution in [3.63, 3.8) is 0 Å². The van der Waals surface area contributed by atoms with Crippen molar-refractivity contribution in [1.82, 2.24) is 10.2 Å². The first-order valence-corrected chi connectivity index (χ1v) is 6.29. The van der Waals surface area contributed by atoms with Gasteiger partial charge >= 0.3 is 0 Å². The number of likely N-dealkylation sites (N-methyl/N-ethyl adjacent to an activating group) is 1. The van der Waals surface area contributed by atoms with E-state index in [0.29, 0.717) is 12.1 Å². The summed E-state index contributed by atoms with van der Waals surface area (Å²) in [5.74, 6) is 0. The van der Waals surface area contributed by atoms with Gasteiger partial charge in [0.15, 0.2) is 0 Å². The molecule has 1 N–H and O–H groups in total. The minimum absolute atomic E-state index is 0.659. The molecule has 0 radical (unpaired) electrons. The number of ether oxygens (including phenoxy) is 1. The standard InChI is InChI=1S/C12H26N2O/c1-4-14(11(2)3)8-7-13-12-5-9-15-10-6-12/h11-13H,4-10H2,1-3H3. The summed E-state index contributed by atoms with van der Waals surface area (Å²) >= 11 is 0. The van der Waals surface area contributed by atoms with Crippen LogP contribution in [0.5, 0.6) is 0 Å². The van der Waals surface area contributed by atoms with E-state index >= 15 is 0 Å². The molecular formula is C12H26N2O. The summed E-state index contributed by atoms with van der Waals surface area (Å²) in [6.07, 6.45) is 2.35. The van der Waals surface area contributed by atoms with Crippen molar-refractivity contribution >= 4 is 0 Å². The zero-order chi connectivity index (χ0) is 11.1. The smallest absolute Gasteiger partial charge is 0.0480 e. The molecule has 0 spiro atoms.